The minimum atomic E-state index is -0.806. The SMILES string of the molecule is CCN(CC(=O)O)C1CC(NC(=O)c2ccc(N3CCOCC3)cc2)C1. The third-order valence-electron chi connectivity index (χ3n) is 5.22. The lowest BCUT2D eigenvalue weighted by Gasteiger charge is -2.42. The van der Waals surface area contributed by atoms with Crippen molar-refractivity contribution in [2.45, 2.75) is 31.8 Å². The molecule has 2 fully saturated rings. The van der Waals surface area contributed by atoms with Gasteiger partial charge in [-0.15, -0.1) is 0 Å². The Morgan fingerprint density at radius 1 is 1.23 bits per heavy atom. The molecule has 1 heterocycles. The Morgan fingerprint density at radius 3 is 2.46 bits per heavy atom. The molecule has 7 nitrogen and oxygen atoms in total. The topological polar surface area (TPSA) is 82.1 Å². The van der Waals surface area contributed by atoms with Crippen LogP contribution in [0.2, 0.25) is 0 Å². The molecule has 142 valence electrons. The molecular formula is C19H27N3O4. The summed E-state index contributed by atoms with van der Waals surface area (Å²) in [7, 11) is 0. The summed E-state index contributed by atoms with van der Waals surface area (Å²) in [6, 6.07) is 8.04. The minimum Gasteiger partial charge on any atom is -0.480 e. The van der Waals surface area contributed by atoms with Crippen molar-refractivity contribution >= 4 is 17.6 Å². The summed E-state index contributed by atoms with van der Waals surface area (Å²) in [6.07, 6.45) is 1.61. The van der Waals surface area contributed by atoms with Gasteiger partial charge in [0.25, 0.3) is 5.91 Å². The third kappa shape index (κ3) is 4.53. The maximum absolute atomic E-state index is 12.4. The van der Waals surface area contributed by atoms with Crippen LogP contribution < -0.4 is 10.2 Å². The molecular weight excluding hydrogens is 334 g/mol. The molecule has 1 aliphatic carbocycles. The standard InChI is InChI=1S/C19H27N3O4/c1-2-21(13-18(23)24)17-11-15(12-17)20-19(25)14-3-5-16(6-4-14)22-7-9-26-10-8-22/h3-6,15,17H,2,7-13H2,1H3,(H,20,25)(H,23,24). The molecule has 1 aliphatic heterocycles. The van der Waals surface area contributed by atoms with E-state index in [4.69, 9.17) is 9.84 Å². The fraction of sp³-hybridized carbons (Fsp3) is 0.579. The lowest BCUT2D eigenvalue weighted by molar-refractivity contribution is -0.139. The molecule has 2 N–H and O–H groups in total. The van der Waals surface area contributed by atoms with Crippen molar-refractivity contribution < 1.29 is 19.4 Å². The van der Waals surface area contributed by atoms with Crippen LogP contribution in [0.5, 0.6) is 0 Å². The van der Waals surface area contributed by atoms with Crippen molar-refractivity contribution in [3.63, 3.8) is 0 Å². The quantitative estimate of drug-likeness (QED) is 0.759. The van der Waals surface area contributed by atoms with Crippen molar-refractivity contribution in [2.24, 2.45) is 0 Å². The summed E-state index contributed by atoms with van der Waals surface area (Å²) in [4.78, 5) is 27.5. The number of carbonyl (C=O) groups excluding carboxylic acids is 1. The van der Waals surface area contributed by atoms with Gasteiger partial charge in [-0.3, -0.25) is 14.5 Å². The fourth-order valence-corrected chi connectivity index (χ4v) is 3.59. The number of carboxylic acids is 1. The molecule has 0 bridgehead atoms. The van der Waals surface area contributed by atoms with Crippen molar-refractivity contribution in [1.29, 1.82) is 0 Å². The van der Waals surface area contributed by atoms with Crippen molar-refractivity contribution in [1.82, 2.24) is 10.2 Å². The average Bonchev–Trinajstić information content (AvgIpc) is 2.63. The van der Waals surface area contributed by atoms with Crippen molar-refractivity contribution in [2.75, 3.05) is 44.3 Å². The first-order valence-electron chi connectivity index (χ1n) is 9.26. The van der Waals surface area contributed by atoms with E-state index in [0.717, 1.165) is 44.8 Å². The lowest BCUT2D eigenvalue weighted by atomic mass is 9.85. The number of benzene rings is 1. The largest absolute Gasteiger partial charge is 0.480 e. The molecule has 0 atom stereocenters. The molecule has 3 rings (SSSR count). The molecule has 26 heavy (non-hydrogen) atoms. The first-order valence-corrected chi connectivity index (χ1v) is 9.26. The highest BCUT2D eigenvalue weighted by molar-refractivity contribution is 5.94. The summed E-state index contributed by atoms with van der Waals surface area (Å²) in [5.74, 6) is -0.872. The van der Waals surface area contributed by atoms with Crippen molar-refractivity contribution in [3.05, 3.63) is 29.8 Å². The number of aliphatic carboxylic acids is 1. The molecule has 1 aromatic rings. The number of carboxylic acid groups (broad SMARTS) is 1. The predicted molar refractivity (Wildman–Crippen MR) is 98.6 cm³/mol. The molecule has 0 radical (unpaired) electrons. The number of anilines is 1. The number of carbonyl (C=O) groups is 2. The van der Waals surface area contributed by atoms with Crippen LogP contribution in [0.4, 0.5) is 5.69 Å². The monoisotopic (exact) mass is 361 g/mol. The summed E-state index contributed by atoms with van der Waals surface area (Å²) >= 11 is 0. The molecule has 1 amide bonds. The first-order chi connectivity index (χ1) is 12.6. The lowest BCUT2D eigenvalue weighted by Crippen LogP contribution is -2.54. The van der Waals surface area contributed by atoms with Crippen LogP contribution in [0.3, 0.4) is 0 Å². The van der Waals surface area contributed by atoms with Gasteiger partial charge in [0.15, 0.2) is 0 Å². The Bertz CT molecular complexity index is 622. The van der Waals surface area contributed by atoms with Gasteiger partial charge in [-0.2, -0.15) is 0 Å². The molecule has 7 heteroatoms. The second kappa shape index (κ2) is 8.51. The van der Waals surface area contributed by atoms with E-state index in [1.807, 2.05) is 36.1 Å². The van der Waals surface area contributed by atoms with Crippen LogP contribution in [0, 0.1) is 0 Å². The number of ether oxygens (including phenoxy) is 1. The van der Waals surface area contributed by atoms with E-state index in [9.17, 15) is 9.59 Å². The summed E-state index contributed by atoms with van der Waals surface area (Å²) in [5.41, 5.74) is 1.77. The number of hydrogen-bond donors (Lipinski definition) is 2. The van der Waals surface area contributed by atoms with E-state index in [2.05, 4.69) is 10.2 Å². The van der Waals surface area contributed by atoms with E-state index < -0.39 is 5.97 Å². The number of hydrogen-bond acceptors (Lipinski definition) is 5. The second-order valence-corrected chi connectivity index (χ2v) is 6.90. The van der Waals surface area contributed by atoms with Gasteiger partial charge < -0.3 is 20.1 Å². The number of nitrogens with zero attached hydrogens (tertiary/aromatic N) is 2. The molecule has 0 unspecified atom stereocenters. The number of likely N-dealkylation sites (N-methyl/N-ethyl adjacent to an activating group) is 1. The van der Waals surface area contributed by atoms with Crippen LogP contribution >= 0.6 is 0 Å². The Kier molecular flexibility index (Phi) is 6.11. The average molecular weight is 361 g/mol. The number of amides is 1. The third-order valence-corrected chi connectivity index (χ3v) is 5.22. The van der Waals surface area contributed by atoms with Crippen LogP contribution in [0.25, 0.3) is 0 Å². The zero-order valence-electron chi connectivity index (χ0n) is 15.2. The van der Waals surface area contributed by atoms with Crippen LogP contribution in [0.1, 0.15) is 30.1 Å². The fourth-order valence-electron chi connectivity index (χ4n) is 3.59. The van der Waals surface area contributed by atoms with Gasteiger partial charge in [-0.1, -0.05) is 6.92 Å². The van der Waals surface area contributed by atoms with E-state index >= 15 is 0 Å². The predicted octanol–water partition coefficient (Wildman–Crippen LogP) is 1.19. The van der Waals surface area contributed by atoms with Crippen LogP contribution in [-0.2, 0) is 9.53 Å². The Hall–Kier alpha value is -2.12. The van der Waals surface area contributed by atoms with E-state index in [1.165, 1.54) is 0 Å². The van der Waals surface area contributed by atoms with E-state index in [1.54, 1.807) is 0 Å². The molecule has 1 saturated heterocycles. The van der Waals surface area contributed by atoms with Gasteiger partial charge in [0.1, 0.15) is 0 Å². The minimum absolute atomic E-state index is 0.0604. The van der Waals surface area contributed by atoms with Gasteiger partial charge in [-0.05, 0) is 43.7 Å². The van der Waals surface area contributed by atoms with Gasteiger partial charge >= 0.3 is 5.97 Å². The molecule has 0 aromatic heterocycles. The Balaban J connectivity index is 1.47. The highest BCUT2D eigenvalue weighted by Gasteiger charge is 2.34. The van der Waals surface area contributed by atoms with Crippen LogP contribution in [-0.4, -0.2) is 73.4 Å². The zero-order valence-corrected chi connectivity index (χ0v) is 15.2. The van der Waals surface area contributed by atoms with E-state index in [-0.39, 0.29) is 24.5 Å². The first kappa shape index (κ1) is 18.7. The molecule has 2 aliphatic rings. The second-order valence-electron chi connectivity index (χ2n) is 6.90. The maximum Gasteiger partial charge on any atom is 0.317 e. The van der Waals surface area contributed by atoms with Crippen LogP contribution in [0.15, 0.2) is 24.3 Å². The highest BCUT2D eigenvalue weighted by Crippen LogP contribution is 2.26. The summed E-state index contributed by atoms with van der Waals surface area (Å²) in [5, 5.41) is 12.0. The number of morpholine rings is 1. The molecule has 1 aromatic carbocycles. The number of rotatable bonds is 7. The van der Waals surface area contributed by atoms with Crippen molar-refractivity contribution in [3.8, 4) is 0 Å². The maximum atomic E-state index is 12.4. The van der Waals surface area contributed by atoms with Gasteiger partial charge in [0.2, 0.25) is 0 Å². The smallest absolute Gasteiger partial charge is 0.317 e. The summed E-state index contributed by atoms with van der Waals surface area (Å²) < 4.78 is 5.36. The Labute approximate surface area is 153 Å². The number of nitrogens with one attached hydrogen (secondary N) is 1. The van der Waals surface area contributed by atoms with Gasteiger partial charge in [0, 0.05) is 36.4 Å². The molecule has 0 spiro atoms. The highest BCUT2D eigenvalue weighted by atomic mass is 16.5. The normalized spacial score (nSPS) is 22.8. The van der Waals surface area contributed by atoms with Gasteiger partial charge in [-0.25, -0.2) is 0 Å². The zero-order chi connectivity index (χ0) is 18.5. The van der Waals surface area contributed by atoms with Gasteiger partial charge in [0.05, 0.1) is 19.8 Å². The summed E-state index contributed by atoms with van der Waals surface area (Å²) in [6.45, 7) is 5.96. The molecule has 1 saturated carbocycles. The van der Waals surface area contributed by atoms with E-state index in [0.29, 0.717) is 12.1 Å². The Morgan fingerprint density at radius 2 is 1.88 bits per heavy atom.